The van der Waals surface area contributed by atoms with Crippen LogP contribution in [0, 0.1) is 0 Å². The number of halogens is 1. The average molecular weight is 199 g/mol. The first kappa shape index (κ1) is 11.4. The molecule has 1 heterocycles. The molecule has 14 heavy (non-hydrogen) atoms. The van der Waals surface area contributed by atoms with Gasteiger partial charge in [-0.05, 0) is 25.8 Å². The summed E-state index contributed by atoms with van der Waals surface area (Å²) in [5.41, 5.74) is 2.05. The molecule has 0 aromatic carbocycles. The van der Waals surface area contributed by atoms with Gasteiger partial charge in [-0.25, -0.2) is 4.39 Å². The van der Waals surface area contributed by atoms with E-state index in [2.05, 4.69) is 5.32 Å². The molecular weight excluding hydrogens is 181 g/mol. The highest BCUT2D eigenvalue weighted by Crippen LogP contribution is 2.19. The fraction of sp³-hybridized carbons (Fsp3) is 0.636. The molecule has 0 bridgehead atoms. The second-order valence-electron chi connectivity index (χ2n) is 3.78. The summed E-state index contributed by atoms with van der Waals surface area (Å²) in [6, 6.07) is -0.236. The largest absolute Gasteiger partial charge is 0.393 e. The van der Waals surface area contributed by atoms with E-state index in [0.717, 1.165) is 11.1 Å². The van der Waals surface area contributed by atoms with Crippen molar-refractivity contribution in [1.29, 1.82) is 0 Å². The Morgan fingerprint density at radius 1 is 1.71 bits per heavy atom. The Kier molecular flexibility index (Phi) is 4.29. The summed E-state index contributed by atoms with van der Waals surface area (Å²) in [5, 5.41) is 12.4. The number of alkyl halides is 1. The second-order valence-corrected chi connectivity index (χ2v) is 3.78. The fourth-order valence-corrected chi connectivity index (χ4v) is 1.72. The number of nitrogens with one attached hydrogen (secondary N) is 1. The zero-order valence-corrected chi connectivity index (χ0v) is 8.76. The molecule has 0 spiro atoms. The van der Waals surface area contributed by atoms with Crippen LogP contribution in [0.5, 0.6) is 0 Å². The summed E-state index contributed by atoms with van der Waals surface area (Å²) in [7, 11) is 0. The van der Waals surface area contributed by atoms with Crippen molar-refractivity contribution in [3.63, 3.8) is 0 Å². The smallest absolute Gasteiger partial charge is 0.109 e. The van der Waals surface area contributed by atoms with E-state index in [1.165, 1.54) is 0 Å². The maximum absolute atomic E-state index is 12.7. The number of hydrogen-bond acceptors (Lipinski definition) is 2. The van der Waals surface area contributed by atoms with Gasteiger partial charge in [-0.3, -0.25) is 0 Å². The third-order valence-corrected chi connectivity index (χ3v) is 2.45. The Labute approximate surface area is 84.5 Å². The maximum Gasteiger partial charge on any atom is 0.109 e. The van der Waals surface area contributed by atoms with Crippen molar-refractivity contribution in [3.05, 3.63) is 23.3 Å². The summed E-state index contributed by atoms with van der Waals surface area (Å²) >= 11 is 0. The fourth-order valence-electron chi connectivity index (χ4n) is 1.72. The SMILES string of the molecule is CC1=C(CC(C)O)C(CF)NCC=C1. The summed E-state index contributed by atoms with van der Waals surface area (Å²) < 4.78 is 12.7. The summed E-state index contributed by atoms with van der Waals surface area (Å²) in [5.74, 6) is 0. The van der Waals surface area contributed by atoms with E-state index in [1.807, 2.05) is 19.1 Å². The van der Waals surface area contributed by atoms with Crippen LogP contribution in [-0.2, 0) is 0 Å². The van der Waals surface area contributed by atoms with Crippen LogP contribution in [-0.4, -0.2) is 30.5 Å². The topological polar surface area (TPSA) is 32.3 Å². The molecule has 2 nitrogen and oxygen atoms in total. The molecule has 0 aliphatic carbocycles. The quantitative estimate of drug-likeness (QED) is 0.723. The predicted molar refractivity (Wildman–Crippen MR) is 55.9 cm³/mol. The van der Waals surface area contributed by atoms with Crippen molar-refractivity contribution < 1.29 is 9.50 Å². The Bertz CT molecular complexity index is 246. The predicted octanol–water partition coefficient (Wildman–Crippen LogP) is 1.57. The molecule has 2 unspecified atom stereocenters. The molecule has 0 aromatic rings. The van der Waals surface area contributed by atoms with Gasteiger partial charge in [0.05, 0.1) is 12.1 Å². The monoisotopic (exact) mass is 199 g/mol. The van der Waals surface area contributed by atoms with Crippen molar-refractivity contribution >= 4 is 0 Å². The van der Waals surface area contributed by atoms with E-state index in [4.69, 9.17) is 0 Å². The summed E-state index contributed by atoms with van der Waals surface area (Å²) in [4.78, 5) is 0. The van der Waals surface area contributed by atoms with Gasteiger partial charge in [0.2, 0.25) is 0 Å². The third-order valence-electron chi connectivity index (χ3n) is 2.45. The van der Waals surface area contributed by atoms with Crippen molar-refractivity contribution in [2.45, 2.75) is 32.4 Å². The molecule has 1 aliphatic rings. The molecule has 80 valence electrons. The van der Waals surface area contributed by atoms with Crippen molar-refractivity contribution in [3.8, 4) is 0 Å². The highest BCUT2D eigenvalue weighted by molar-refractivity contribution is 5.30. The van der Waals surface area contributed by atoms with Crippen LogP contribution < -0.4 is 5.32 Å². The minimum absolute atomic E-state index is 0.236. The first-order valence-corrected chi connectivity index (χ1v) is 4.98. The van der Waals surface area contributed by atoms with Crippen LogP contribution in [0.3, 0.4) is 0 Å². The molecule has 0 amide bonds. The van der Waals surface area contributed by atoms with Crippen LogP contribution >= 0.6 is 0 Å². The zero-order chi connectivity index (χ0) is 10.6. The van der Waals surface area contributed by atoms with E-state index in [0.29, 0.717) is 13.0 Å². The van der Waals surface area contributed by atoms with Crippen LogP contribution in [0.25, 0.3) is 0 Å². The van der Waals surface area contributed by atoms with Gasteiger partial charge in [0, 0.05) is 6.54 Å². The lowest BCUT2D eigenvalue weighted by Crippen LogP contribution is -2.33. The van der Waals surface area contributed by atoms with Gasteiger partial charge in [0.15, 0.2) is 0 Å². The van der Waals surface area contributed by atoms with E-state index >= 15 is 0 Å². The molecule has 0 radical (unpaired) electrons. The first-order chi connectivity index (χ1) is 6.65. The van der Waals surface area contributed by atoms with Crippen LogP contribution in [0.1, 0.15) is 20.3 Å². The minimum Gasteiger partial charge on any atom is -0.393 e. The molecule has 1 aliphatic heterocycles. The molecule has 0 saturated carbocycles. The molecule has 0 aromatic heterocycles. The number of aliphatic hydroxyl groups is 1. The first-order valence-electron chi connectivity index (χ1n) is 4.98. The minimum atomic E-state index is -0.416. The van der Waals surface area contributed by atoms with Crippen LogP contribution in [0.4, 0.5) is 4.39 Å². The summed E-state index contributed by atoms with van der Waals surface area (Å²) in [6.45, 7) is 3.96. The highest BCUT2D eigenvalue weighted by Gasteiger charge is 2.18. The number of allylic oxidation sites excluding steroid dienone is 2. The van der Waals surface area contributed by atoms with Gasteiger partial charge < -0.3 is 10.4 Å². The molecule has 3 heteroatoms. The van der Waals surface area contributed by atoms with Gasteiger partial charge in [0.1, 0.15) is 6.67 Å². The lowest BCUT2D eigenvalue weighted by molar-refractivity contribution is 0.191. The molecule has 0 fully saturated rings. The van der Waals surface area contributed by atoms with Gasteiger partial charge in [0.25, 0.3) is 0 Å². The third kappa shape index (κ3) is 2.93. The number of hydrogen-bond donors (Lipinski definition) is 2. The standard InChI is InChI=1S/C11H18FNO/c1-8-4-3-5-13-11(7-12)10(8)6-9(2)14/h3-4,9,11,13-14H,5-7H2,1-2H3. The van der Waals surface area contributed by atoms with E-state index < -0.39 is 12.8 Å². The van der Waals surface area contributed by atoms with Crippen molar-refractivity contribution in [2.75, 3.05) is 13.2 Å². The zero-order valence-electron chi connectivity index (χ0n) is 8.76. The molecule has 1 rings (SSSR count). The molecular formula is C11H18FNO. The Morgan fingerprint density at radius 2 is 2.43 bits per heavy atom. The Morgan fingerprint density at radius 3 is 3.00 bits per heavy atom. The Balaban J connectivity index is 2.83. The number of rotatable bonds is 3. The molecule has 2 atom stereocenters. The van der Waals surface area contributed by atoms with Gasteiger partial charge in [-0.2, -0.15) is 0 Å². The highest BCUT2D eigenvalue weighted by atomic mass is 19.1. The number of aliphatic hydroxyl groups excluding tert-OH is 1. The van der Waals surface area contributed by atoms with E-state index in [9.17, 15) is 9.50 Å². The van der Waals surface area contributed by atoms with Crippen LogP contribution in [0.2, 0.25) is 0 Å². The van der Waals surface area contributed by atoms with Crippen LogP contribution in [0.15, 0.2) is 23.3 Å². The normalized spacial score (nSPS) is 25.0. The molecule has 2 N–H and O–H groups in total. The van der Waals surface area contributed by atoms with Gasteiger partial charge in [-0.1, -0.05) is 17.7 Å². The summed E-state index contributed by atoms with van der Waals surface area (Å²) in [6.07, 6.45) is 4.09. The second kappa shape index (κ2) is 5.27. The molecule has 0 saturated heterocycles. The van der Waals surface area contributed by atoms with Gasteiger partial charge in [-0.15, -0.1) is 0 Å². The van der Waals surface area contributed by atoms with Gasteiger partial charge >= 0.3 is 0 Å². The van der Waals surface area contributed by atoms with Crippen molar-refractivity contribution in [1.82, 2.24) is 5.32 Å². The van der Waals surface area contributed by atoms with Crippen molar-refractivity contribution in [2.24, 2.45) is 0 Å². The Hall–Kier alpha value is -0.670. The average Bonchev–Trinajstić information content (AvgIpc) is 2.29. The van der Waals surface area contributed by atoms with E-state index in [1.54, 1.807) is 6.92 Å². The lowest BCUT2D eigenvalue weighted by Gasteiger charge is -2.19. The lowest BCUT2D eigenvalue weighted by atomic mass is 9.97. The van der Waals surface area contributed by atoms with E-state index in [-0.39, 0.29) is 6.04 Å². The maximum atomic E-state index is 12.7.